The minimum Gasteiger partial charge on any atom is -0.286 e. The molecule has 0 heterocycles. The Hall–Kier alpha value is -1.11. The molecule has 0 aliphatic heterocycles. The number of rotatable bonds is 3. The predicted octanol–water partition coefficient (Wildman–Crippen LogP) is 3.05. The third-order valence-corrected chi connectivity index (χ3v) is 2.77. The second-order valence-corrected chi connectivity index (χ2v) is 3.75. The molecular weight excluding hydrogens is 158 g/mol. The molecule has 1 saturated carbocycles. The van der Waals surface area contributed by atoms with Gasteiger partial charge in [-0.05, 0) is 24.8 Å². The van der Waals surface area contributed by atoms with Crippen LogP contribution in [0.4, 0.5) is 0 Å². The Labute approximate surface area is 79.5 Å². The minimum absolute atomic E-state index is 0.315. The van der Waals surface area contributed by atoms with Crippen molar-refractivity contribution in [2.75, 3.05) is 0 Å². The number of aliphatic imine (C=N–C) groups is 1. The highest BCUT2D eigenvalue weighted by Crippen LogP contribution is 2.42. The summed E-state index contributed by atoms with van der Waals surface area (Å²) in [4.78, 5) is 4.63. The van der Waals surface area contributed by atoms with Gasteiger partial charge in [0.15, 0.2) is 0 Å². The Bertz CT molecular complexity index is 296. The Kier molecular flexibility index (Phi) is 2.17. The lowest BCUT2D eigenvalue weighted by molar-refractivity contribution is 0.656. The van der Waals surface area contributed by atoms with Crippen LogP contribution >= 0.6 is 0 Å². The van der Waals surface area contributed by atoms with E-state index in [1.807, 2.05) is 24.4 Å². The summed E-state index contributed by atoms with van der Waals surface area (Å²) < 4.78 is 0. The lowest BCUT2D eigenvalue weighted by atomic mass is 10.2. The van der Waals surface area contributed by atoms with Crippen molar-refractivity contribution in [3.63, 3.8) is 0 Å². The zero-order valence-corrected chi connectivity index (χ0v) is 8.03. The molecule has 1 aliphatic carbocycles. The van der Waals surface area contributed by atoms with Gasteiger partial charge in [0.1, 0.15) is 0 Å². The van der Waals surface area contributed by atoms with E-state index >= 15 is 0 Å². The summed E-state index contributed by atoms with van der Waals surface area (Å²) in [5.41, 5.74) is 1.53. The van der Waals surface area contributed by atoms with Crippen molar-refractivity contribution >= 4 is 6.21 Å². The van der Waals surface area contributed by atoms with Crippen molar-refractivity contribution in [2.45, 2.75) is 31.7 Å². The summed E-state index contributed by atoms with van der Waals surface area (Å²) in [6.45, 7) is 2.22. The van der Waals surface area contributed by atoms with E-state index in [4.69, 9.17) is 0 Å². The Morgan fingerprint density at radius 1 is 1.31 bits per heavy atom. The van der Waals surface area contributed by atoms with Crippen molar-refractivity contribution < 1.29 is 0 Å². The van der Waals surface area contributed by atoms with Gasteiger partial charge in [-0.15, -0.1) is 0 Å². The van der Waals surface area contributed by atoms with Crippen LogP contribution in [0.3, 0.4) is 0 Å². The average molecular weight is 173 g/mol. The zero-order chi connectivity index (χ0) is 9.15. The molecule has 68 valence electrons. The van der Waals surface area contributed by atoms with Gasteiger partial charge in [-0.25, -0.2) is 0 Å². The highest BCUT2D eigenvalue weighted by Gasteiger charge is 2.39. The summed E-state index contributed by atoms with van der Waals surface area (Å²) in [6.07, 6.45) is 5.73. The van der Waals surface area contributed by atoms with E-state index in [9.17, 15) is 0 Å². The molecule has 0 amide bonds. The van der Waals surface area contributed by atoms with Crippen LogP contribution in [0.2, 0.25) is 0 Å². The van der Waals surface area contributed by atoms with Crippen molar-refractivity contribution in [3.8, 4) is 0 Å². The van der Waals surface area contributed by atoms with Gasteiger partial charge in [-0.1, -0.05) is 37.3 Å². The second-order valence-electron chi connectivity index (χ2n) is 3.75. The number of nitrogens with zero attached hydrogens (tertiary/aromatic N) is 1. The van der Waals surface area contributed by atoms with Crippen LogP contribution in [-0.2, 0) is 0 Å². The molecule has 1 aliphatic rings. The van der Waals surface area contributed by atoms with Crippen molar-refractivity contribution in [2.24, 2.45) is 4.99 Å². The monoisotopic (exact) mass is 173 g/mol. The molecule has 0 unspecified atom stereocenters. The molecule has 0 saturated heterocycles. The minimum atomic E-state index is 0.315. The molecular formula is C12H15N. The molecule has 13 heavy (non-hydrogen) atoms. The van der Waals surface area contributed by atoms with Crippen LogP contribution in [0, 0.1) is 0 Å². The number of hydrogen-bond donors (Lipinski definition) is 0. The van der Waals surface area contributed by atoms with E-state index in [1.165, 1.54) is 24.8 Å². The first kappa shape index (κ1) is 8.49. The van der Waals surface area contributed by atoms with E-state index in [0.29, 0.717) is 5.54 Å². The molecule has 0 bridgehead atoms. The highest BCUT2D eigenvalue weighted by molar-refractivity contribution is 5.79. The lowest BCUT2D eigenvalue weighted by Gasteiger charge is -2.03. The van der Waals surface area contributed by atoms with Crippen LogP contribution in [0.5, 0.6) is 0 Å². The summed E-state index contributed by atoms with van der Waals surface area (Å²) in [7, 11) is 0. The molecule has 1 aromatic rings. The normalized spacial score (nSPS) is 19.2. The Morgan fingerprint density at radius 2 is 2.00 bits per heavy atom. The quantitative estimate of drug-likeness (QED) is 0.623. The Balaban J connectivity index is 2.06. The molecule has 0 atom stereocenters. The van der Waals surface area contributed by atoms with Crippen LogP contribution in [-0.4, -0.2) is 11.8 Å². The molecule has 1 fully saturated rings. The fourth-order valence-electron chi connectivity index (χ4n) is 1.47. The molecule has 2 rings (SSSR count). The first-order chi connectivity index (χ1) is 6.35. The van der Waals surface area contributed by atoms with Gasteiger partial charge < -0.3 is 0 Å². The third kappa shape index (κ3) is 1.97. The van der Waals surface area contributed by atoms with Crippen LogP contribution in [0.25, 0.3) is 0 Å². The fraction of sp³-hybridized carbons (Fsp3) is 0.417. The van der Waals surface area contributed by atoms with Gasteiger partial charge in [0.2, 0.25) is 0 Å². The summed E-state index contributed by atoms with van der Waals surface area (Å²) in [5, 5.41) is 0. The van der Waals surface area contributed by atoms with Gasteiger partial charge in [0.05, 0.1) is 5.54 Å². The lowest BCUT2D eigenvalue weighted by Crippen LogP contribution is -2.01. The highest BCUT2D eigenvalue weighted by atomic mass is 14.9. The first-order valence-electron chi connectivity index (χ1n) is 4.95. The summed E-state index contributed by atoms with van der Waals surface area (Å²) >= 11 is 0. The van der Waals surface area contributed by atoms with E-state index in [1.54, 1.807) is 0 Å². The topological polar surface area (TPSA) is 12.4 Å². The van der Waals surface area contributed by atoms with Crippen LogP contribution in [0.15, 0.2) is 35.3 Å². The molecule has 1 nitrogen and oxygen atoms in total. The third-order valence-electron chi connectivity index (χ3n) is 2.77. The fourth-order valence-corrected chi connectivity index (χ4v) is 1.47. The first-order valence-corrected chi connectivity index (χ1v) is 4.95. The molecule has 0 radical (unpaired) electrons. The van der Waals surface area contributed by atoms with Crippen LogP contribution < -0.4 is 0 Å². The largest absolute Gasteiger partial charge is 0.286 e. The molecule has 0 spiro atoms. The number of hydrogen-bond acceptors (Lipinski definition) is 1. The summed E-state index contributed by atoms with van der Waals surface area (Å²) in [5.74, 6) is 0. The van der Waals surface area contributed by atoms with Crippen molar-refractivity contribution in [3.05, 3.63) is 35.9 Å². The van der Waals surface area contributed by atoms with Gasteiger partial charge in [-0.3, -0.25) is 4.99 Å². The van der Waals surface area contributed by atoms with E-state index in [2.05, 4.69) is 24.0 Å². The van der Waals surface area contributed by atoms with E-state index in [0.717, 1.165) is 0 Å². The van der Waals surface area contributed by atoms with Gasteiger partial charge in [0, 0.05) is 6.21 Å². The van der Waals surface area contributed by atoms with Gasteiger partial charge >= 0.3 is 0 Å². The molecule has 0 aromatic heterocycles. The average Bonchev–Trinajstić information content (AvgIpc) is 2.97. The maximum atomic E-state index is 4.63. The maximum Gasteiger partial charge on any atom is 0.0607 e. The van der Waals surface area contributed by atoms with E-state index in [-0.39, 0.29) is 0 Å². The van der Waals surface area contributed by atoms with Crippen molar-refractivity contribution in [1.82, 2.24) is 0 Å². The molecule has 0 N–H and O–H groups in total. The smallest absolute Gasteiger partial charge is 0.0607 e. The van der Waals surface area contributed by atoms with Crippen LogP contribution in [0.1, 0.15) is 31.7 Å². The molecule has 1 aromatic carbocycles. The SMILES string of the molecule is CCC1(N=Cc2ccccc2)CC1. The van der Waals surface area contributed by atoms with Gasteiger partial charge in [0.25, 0.3) is 0 Å². The second kappa shape index (κ2) is 3.33. The zero-order valence-electron chi connectivity index (χ0n) is 8.03. The molecule has 1 heteroatoms. The maximum absolute atomic E-state index is 4.63. The predicted molar refractivity (Wildman–Crippen MR) is 56.3 cm³/mol. The van der Waals surface area contributed by atoms with E-state index < -0.39 is 0 Å². The Morgan fingerprint density at radius 3 is 2.54 bits per heavy atom. The van der Waals surface area contributed by atoms with Crippen molar-refractivity contribution in [1.29, 1.82) is 0 Å². The van der Waals surface area contributed by atoms with Gasteiger partial charge in [-0.2, -0.15) is 0 Å². The standard InChI is InChI=1S/C12H15N/c1-2-12(8-9-12)13-10-11-6-4-3-5-7-11/h3-7,10H,2,8-9H2,1H3. The summed E-state index contributed by atoms with van der Waals surface area (Å²) in [6, 6.07) is 10.3. The number of benzene rings is 1.